The van der Waals surface area contributed by atoms with Crippen LogP contribution in [0.15, 0.2) is 28.8 Å². The molecule has 2 rings (SSSR count). The van der Waals surface area contributed by atoms with Crippen LogP contribution in [0, 0.1) is 0 Å². The maximum absolute atomic E-state index is 5.27. The quantitative estimate of drug-likeness (QED) is 0.727. The Labute approximate surface area is 119 Å². The number of rotatable bonds is 7. The van der Waals surface area contributed by atoms with Crippen LogP contribution in [0.1, 0.15) is 19.7 Å². The molecule has 108 valence electrons. The molecule has 0 aliphatic heterocycles. The minimum atomic E-state index is 0.609. The zero-order chi connectivity index (χ0) is 14.4. The van der Waals surface area contributed by atoms with E-state index in [0.717, 1.165) is 12.1 Å². The van der Waals surface area contributed by atoms with Crippen LogP contribution < -0.4 is 4.90 Å². The highest BCUT2D eigenvalue weighted by molar-refractivity contribution is 5.59. The molecule has 5 nitrogen and oxygen atoms in total. The van der Waals surface area contributed by atoms with E-state index in [2.05, 4.69) is 41.1 Å². The summed E-state index contributed by atoms with van der Waals surface area (Å²) in [5.41, 5.74) is 2.14. The predicted molar refractivity (Wildman–Crippen MR) is 78.9 cm³/mol. The molecule has 0 atom stereocenters. The molecule has 20 heavy (non-hydrogen) atoms. The molecule has 0 saturated heterocycles. The highest BCUT2D eigenvalue weighted by atomic mass is 16.5. The summed E-state index contributed by atoms with van der Waals surface area (Å²) < 4.78 is 10.5. The monoisotopic (exact) mass is 275 g/mol. The number of ether oxygens (including phenoxy) is 1. The van der Waals surface area contributed by atoms with Crippen LogP contribution in [0.4, 0.5) is 5.69 Å². The summed E-state index contributed by atoms with van der Waals surface area (Å²) in [5.74, 6) is 1.24. The summed E-state index contributed by atoms with van der Waals surface area (Å²) in [6.07, 6.45) is 0.650. The number of aromatic nitrogens is 2. The molecule has 2 aromatic rings. The highest BCUT2D eigenvalue weighted by Crippen LogP contribution is 2.20. The van der Waals surface area contributed by atoms with Crippen LogP contribution in [0.25, 0.3) is 11.4 Å². The number of benzene rings is 1. The second-order valence-electron chi connectivity index (χ2n) is 4.52. The molecule has 5 heteroatoms. The summed E-state index contributed by atoms with van der Waals surface area (Å²) in [4.78, 5) is 6.55. The maximum Gasteiger partial charge on any atom is 0.229 e. The van der Waals surface area contributed by atoms with Crippen molar-refractivity contribution in [2.45, 2.75) is 20.3 Å². The van der Waals surface area contributed by atoms with Gasteiger partial charge in [-0.3, -0.25) is 0 Å². The van der Waals surface area contributed by atoms with Gasteiger partial charge in [0.15, 0.2) is 0 Å². The van der Waals surface area contributed by atoms with Crippen molar-refractivity contribution >= 4 is 5.69 Å². The molecule has 0 amide bonds. The first kappa shape index (κ1) is 14.5. The van der Waals surface area contributed by atoms with E-state index in [-0.39, 0.29) is 0 Å². The zero-order valence-electron chi connectivity index (χ0n) is 12.3. The Morgan fingerprint density at radius 1 is 1.20 bits per heavy atom. The van der Waals surface area contributed by atoms with Crippen molar-refractivity contribution in [3.05, 3.63) is 30.2 Å². The Morgan fingerprint density at radius 2 is 1.95 bits per heavy atom. The molecule has 0 saturated carbocycles. The van der Waals surface area contributed by atoms with Crippen LogP contribution >= 0.6 is 0 Å². The van der Waals surface area contributed by atoms with Gasteiger partial charge in [-0.2, -0.15) is 4.98 Å². The lowest BCUT2D eigenvalue weighted by atomic mass is 10.2. The third-order valence-electron chi connectivity index (χ3n) is 3.17. The van der Waals surface area contributed by atoms with Gasteiger partial charge in [-0.25, -0.2) is 0 Å². The average Bonchev–Trinajstić information content (AvgIpc) is 2.96. The second-order valence-corrected chi connectivity index (χ2v) is 4.52. The highest BCUT2D eigenvalue weighted by Gasteiger charge is 2.08. The van der Waals surface area contributed by atoms with Gasteiger partial charge in [0, 0.05) is 31.5 Å². The fraction of sp³-hybridized carbons (Fsp3) is 0.467. The van der Waals surface area contributed by atoms with Crippen LogP contribution in [0.5, 0.6) is 0 Å². The van der Waals surface area contributed by atoms with Gasteiger partial charge in [-0.1, -0.05) is 5.16 Å². The molecular weight excluding hydrogens is 254 g/mol. The lowest BCUT2D eigenvalue weighted by Crippen LogP contribution is -2.15. The third-order valence-corrected chi connectivity index (χ3v) is 3.17. The van der Waals surface area contributed by atoms with Gasteiger partial charge in [0.2, 0.25) is 11.7 Å². The fourth-order valence-electron chi connectivity index (χ4n) is 1.83. The minimum Gasteiger partial charge on any atom is -0.381 e. The fourth-order valence-corrected chi connectivity index (χ4v) is 1.83. The SMILES string of the molecule is CCOCCc1nc(-c2ccc(N(C)CC)cc2)no1. The Kier molecular flexibility index (Phi) is 5.12. The van der Waals surface area contributed by atoms with Crippen molar-refractivity contribution < 1.29 is 9.26 Å². The van der Waals surface area contributed by atoms with Crippen LogP contribution in [0.2, 0.25) is 0 Å². The van der Waals surface area contributed by atoms with Crippen molar-refractivity contribution in [3.8, 4) is 11.4 Å². The van der Waals surface area contributed by atoms with Gasteiger partial charge >= 0.3 is 0 Å². The van der Waals surface area contributed by atoms with Crippen molar-refractivity contribution in [3.63, 3.8) is 0 Å². The van der Waals surface area contributed by atoms with E-state index < -0.39 is 0 Å². The smallest absolute Gasteiger partial charge is 0.229 e. The molecule has 1 heterocycles. The summed E-state index contributed by atoms with van der Waals surface area (Å²) >= 11 is 0. The van der Waals surface area contributed by atoms with E-state index in [1.54, 1.807) is 0 Å². The van der Waals surface area contributed by atoms with E-state index in [4.69, 9.17) is 9.26 Å². The van der Waals surface area contributed by atoms with Gasteiger partial charge in [0.25, 0.3) is 0 Å². The van der Waals surface area contributed by atoms with E-state index in [1.807, 2.05) is 19.1 Å². The number of hydrogen-bond acceptors (Lipinski definition) is 5. The van der Waals surface area contributed by atoms with E-state index >= 15 is 0 Å². The molecule has 0 unspecified atom stereocenters. The molecule has 0 radical (unpaired) electrons. The largest absolute Gasteiger partial charge is 0.381 e. The van der Waals surface area contributed by atoms with Crippen LogP contribution in [-0.4, -0.2) is 36.9 Å². The molecule has 1 aromatic heterocycles. The lowest BCUT2D eigenvalue weighted by Gasteiger charge is -2.16. The standard InChI is InChI=1S/C15H21N3O2/c1-4-18(3)13-8-6-12(7-9-13)15-16-14(20-17-15)10-11-19-5-2/h6-9H,4-5,10-11H2,1-3H3. The minimum absolute atomic E-state index is 0.609. The first-order valence-electron chi connectivity index (χ1n) is 6.96. The van der Waals surface area contributed by atoms with Crippen LogP contribution in [0.3, 0.4) is 0 Å². The van der Waals surface area contributed by atoms with Crippen molar-refractivity contribution in [2.24, 2.45) is 0 Å². The van der Waals surface area contributed by atoms with Gasteiger partial charge in [-0.15, -0.1) is 0 Å². The molecule has 0 fully saturated rings. The van der Waals surface area contributed by atoms with Crippen LogP contribution in [-0.2, 0) is 11.2 Å². The van der Waals surface area contributed by atoms with E-state index in [1.165, 1.54) is 5.69 Å². The molecule has 0 aliphatic carbocycles. The second kappa shape index (κ2) is 7.05. The van der Waals surface area contributed by atoms with Crippen molar-refractivity contribution in [1.29, 1.82) is 0 Å². The molecule has 0 N–H and O–H groups in total. The van der Waals surface area contributed by atoms with Gasteiger partial charge < -0.3 is 14.2 Å². The molecule has 1 aromatic carbocycles. The number of anilines is 1. The predicted octanol–water partition coefficient (Wildman–Crippen LogP) is 2.77. The molecular formula is C15H21N3O2. The number of nitrogens with zero attached hydrogens (tertiary/aromatic N) is 3. The van der Waals surface area contributed by atoms with Crippen molar-refractivity contribution in [1.82, 2.24) is 10.1 Å². The molecule has 0 bridgehead atoms. The normalized spacial score (nSPS) is 10.8. The Bertz CT molecular complexity index is 522. The third kappa shape index (κ3) is 3.57. The topological polar surface area (TPSA) is 51.4 Å². The molecule has 0 aliphatic rings. The molecule has 0 spiro atoms. The maximum atomic E-state index is 5.27. The van der Waals surface area contributed by atoms with Gasteiger partial charge in [-0.05, 0) is 38.1 Å². The van der Waals surface area contributed by atoms with Gasteiger partial charge in [0.1, 0.15) is 0 Å². The van der Waals surface area contributed by atoms with E-state index in [9.17, 15) is 0 Å². The first-order chi connectivity index (χ1) is 9.74. The Balaban J connectivity index is 2.04. The Morgan fingerprint density at radius 3 is 2.60 bits per heavy atom. The average molecular weight is 275 g/mol. The Hall–Kier alpha value is -1.88. The number of hydrogen-bond donors (Lipinski definition) is 0. The summed E-state index contributed by atoms with van der Waals surface area (Å²) in [6.45, 7) is 6.38. The summed E-state index contributed by atoms with van der Waals surface area (Å²) in [7, 11) is 2.06. The summed E-state index contributed by atoms with van der Waals surface area (Å²) in [5, 5.41) is 4.00. The van der Waals surface area contributed by atoms with E-state index in [0.29, 0.717) is 31.3 Å². The first-order valence-corrected chi connectivity index (χ1v) is 6.96. The van der Waals surface area contributed by atoms with Gasteiger partial charge in [0.05, 0.1) is 13.0 Å². The zero-order valence-corrected chi connectivity index (χ0v) is 12.3. The summed E-state index contributed by atoms with van der Waals surface area (Å²) in [6, 6.07) is 8.15. The lowest BCUT2D eigenvalue weighted by molar-refractivity contribution is 0.144. The van der Waals surface area contributed by atoms with Crippen molar-refractivity contribution in [2.75, 3.05) is 31.7 Å².